The van der Waals surface area contributed by atoms with Gasteiger partial charge in [0.1, 0.15) is 10.8 Å². The number of carbonyl (C=O) groups is 1. The molecule has 0 aliphatic heterocycles. The average Bonchev–Trinajstić information content (AvgIpc) is 3.08. The van der Waals surface area contributed by atoms with Crippen molar-refractivity contribution in [2.75, 3.05) is 12.4 Å². The lowest BCUT2D eigenvalue weighted by atomic mass is 10.1. The summed E-state index contributed by atoms with van der Waals surface area (Å²) in [5, 5.41) is 12.5. The molecule has 1 heterocycles. The van der Waals surface area contributed by atoms with Gasteiger partial charge < -0.3 is 4.74 Å². The van der Waals surface area contributed by atoms with E-state index in [-0.39, 0.29) is 5.91 Å². The first-order valence-electron chi connectivity index (χ1n) is 7.98. The van der Waals surface area contributed by atoms with E-state index in [4.69, 9.17) is 4.74 Å². The Morgan fingerprint density at radius 1 is 1.08 bits per heavy atom. The number of benzene rings is 2. The molecule has 5 nitrogen and oxygen atoms in total. The molecule has 0 atom stereocenters. The molecule has 0 fully saturated rings. The molecule has 0 spiro atoms. The second-order valence-corrected chi connectivity index (χ2v) is 6.68. The van der Waals surface area contributed by atoms with Crippen LogP contribution < -0.4 is 10.1 Å². The highest BCUT2D eigenvalue weighted by molar-refractivity contribution is 7.15. The van der Waals surface area contributed by atoms with Gasteiger partial charge in [-0.1, -0.05) is 41.7 Å². The summed E-state index contributed by atoms with van der Waals surface area (Å²) in [6, 6.07) is 15.5. The Bertz CT molecular complexity index is 859. The van der Waals surface area contributed by atoms with Gasteiger partial charge in [0.25, 0.3) is 5.91 Å². The van der Waals surface area contributed by atoms with Gasteiger partial charge >= 0.3 is 0 Å². The predicted molar refractivity (Wildman–Crippen MR) is 99.4 cm³/mol. The van der Waals surface area contributed by atoms with Gasteiger partial charge in [-0.15, -0.1) is 10.2 Å². The lowest BCUT2D eigenvalue weighted by molar-refractivity contribution is 0.102. The second kappa shape index (κ2) is 7.90. The van der Waals surface area contributed by atoms with Crippen molar-refractivity contribution in [1.82, 2.24) is 10.2 Å². The number of methoxy groups -OCH3 is 1. The molecule has 0 radical (unpaired) electrons. The molecule has 1 aromatic heterocycles. The third-order valence-electron chi connectivity index (χ3n) is 3.86. The highest BCUT2D eigenvalue weighted by Crippen LogP contribution is 2.19. The number of anilines is 1. The van der Waals surface area contributed by atoms with E-state index in [1.165, 1.54) is 16.9 Å². The number of rotatable bonds is 6. The number of hydrogen-bond donors (Lipinski definition) is 1. The van der Waals surface area contributed by atoms with Crippen LogP contribution in [0.2, 0.25) is 0 Å². The lowest BCUT2D eigenvalue weighted by Gasteiger charge is -2.04. The highest BCUT2D eigenvalue weighted by Gasteiger charge is 2.12. The van der Waals surface area contributed by atoms with Crippen molar-refractivity contribution in [1.29, 1.82) is 0 Å². The normalized spacial score (nSPS) is 10.5. The molecule has 0 unspecified atom stereocenters. The number of nitrogens with one attached hydrogen (secondary N) is 1. The van der Waals surface area contributed by atoms with Crippen LogP contribution in [0.3, 0.4) is 0 Å². The van der Waals surface area contributed by atoms with Crippen molar-refractivity contribution >= 4 is 22.4 Å². The summed E-state index contributed by atoms with van der Waals surface area (Å²) in [7, 11) is 1.66. The summed E-state index contributed by atoms with van der Waals surface area (Å²) in [6.07, 6.45) is 1.65. The Morgan fingerprint density at radius 3 is 2.56 bits per heavy atom. The van der Waals surface area contributed by atoms with Gasteiger partial charge in [-0.05, 0) is 42.7 Å². The van der Waals surface area contributed by atoms with Gasteiger partial charge in [0, 0.05) is 12.0 Å². The molecule has 0 aliphatic carbocycles. The fourth-order valence-corrected chi connectivity index (χ4v) is 3.18. The molecular weight excluding hydrogens is 334 g/mol. The van der Waals surface area contributed by atoms with Gasteiger partial charge in [-0.25, -0.2) is 0 Å². The van der Waals surface area contributed by atoms with Crippen LogP contribution >= 0.6 is 11.3 Å². The van der Waals surface area contributed by atoms with E-state index >= 15 is 0 Å². The number of amides is 1. The fraction of sp³-hybridized carbons (Fsp3) is 0.211. The standard InChI is InChI=1S/C19H19N3O2S/c1-13-5-3-4-6-16(13)18(23)20-19-22-21-17(25-19)12-9-14-7-10-15(24-2)11-8-14/h3-8,10-11H,9,12H2,1-2H3,(H,20,22,23). The van der Waals surface area contributed by atoms with Crippen LogP contribution in [0.1, 0.15) is 26.5 Å². The molecule has 3 rings (SSSR count). The summed E-state index contributed by atoms with van der Waals surface area (Å²) in [5.41, 5.74) is 2.79. The lowest BCUT2D eigenvalue weighted by Crippen LogP contribution is -2.12. The van der Waals surface area contributed by atoms with Crippen LogP contribution in [-0.2, 0) is 12.8 Å². The van der Waals surface area contributed by atoms with Crippen molar-refractivity contribution in [2.24, 2.45) is 0 Å². The zero-order valence-electron chi connectivity index (χ0n) is 14.2. The highest BCUT2D eigenvalue weighted by atomic mass is 32.1. The van der Waals surface area contributed by atoms with Crippen LogP contribution in [0.15, 0.2) is 48.5 Å². The zero-order chi connectivity index (χ0) is 17.6. The van der Waals surface area contributed by atoms with Gasteiger partial charge in [-0.2, -0.15) is 0 Å². The number of carbonyl (C=O) groups excluding carboxylic acids is 1. The second-order valence-electron chi connectivity index (χ2n) is 5.62. The first kappa shape index (κ1) is 17.1. The van der Waals surface area contributed by atoms with Crippen LogP contribution in [0.5, 0.6) is 5.75 Å². The largest absolute Gasteiger partial charge is 0.497 e. The van der Waals surface area contributed by atoms with Gasteiger partial charge in [-0.3, -0.25) is 10.1 Å². The topological polar surface area (TPSA) is 64.1 Å². The van der Waals surface area contributed by atoms with Crippen molar-refractivity contribution < 1.29 is 9.53 Å². The molecule has 128 valence electrons. The van der Waals surface area contributed by atoms with Crippen molar-refractivity contribution in [2.45, 2.75) is 19.8 Å². The number of ether oxygens (including phenoxy) is 1. The predicted octanol–water partition coefficient (Wildman–Crippen LogP) is 3.89. The number of aromatic nitrogens is 2. The summed E-state index contributed by atoms with van der Waals surface area (Å²) in [6.45, 7) is 1.91. The smallest absolute Gasteiger partial charge is 0.257 e. The first-order valence-corrected chi connectivity index (χ1v) is 8.79. The number of aryl methyl sites for hydroxylation is 3. The van der Waals surface area contributed by atoms with Crippen LogP contribution in [0, 0.1) is 6.92 Å². The number of nitrogens with zero attached hydrogens (tertiary/aromatic N) is 2. The Hall–Kier alpha value is -2.73. The molecule has 0 bridgehead atoms. The maximum absolute atomic E-state index is 12.3. The first-order chi connectivity index (χ1) is 12.2. The third kappa shape index (κ3) is 4.42. The minimum atomic E-state index is -0.157. The number of hydrogen-bond acceptors (Lipinski definition) is 5. The Morgan fingerprint density at radius 2 is 1.84 bits per heavy atom. The zero-order valence-corrected chi connectivity index (χ0v) is 15.0. The van der Waals surface area contributed by atoms with E-state index in [0.717, 1.165) is 29.2 Å². The minimum absolute atomic E-state index is 0.157. The molecule has 1 amide bonds. The average molecular weight is 353 g/mol. The van der Waals surface area contributed by atoms with Crippen molar-refractivity contribution in [3.8, 4) is 5.75 Å². The van der Waals surface area contributed by atoms with Gasteiger partial charge in [0.15, 0.2) is 0 Å². The van der Waals surface area contributed by atoms with Crippen LogP contribution in [0.25, 0.3) is 0 Å². The molecule has 0 aliphatic rings. The Balaban J connectivity index is 1.58. The van der Waals surface area contributed by atoms with Crippen LogP contribution in [-0.4, -0.2) is 23.2 Å². The minimum Gasteiger partial charge on any atom is -0.497 e. The van der Waals surface area contributed by atoms with E-state index in [2.05, 4.69) is 15.5 Å². The molecule has 3 aromatic rings. The molecule has 0 saturated carbocycles. The summed E-state index contributed by atoms with van der Waals surface area (Å²) in [4.78, 5) is 12.3. The summed E-state index contributed by atoms with van der Waals surface area (Å²) < 4.78 is 5.16. The van der Waals surface area contributed by atoms with E-state index in [0.29, 0.717) is 10.7 Å². The maximum atomic E-state index is 12.3. The summed E-state index contributed by atoms with van der Waals surface area (Å²) >= 11 is 1.41. The van der Waals surface area contributed by atoms with E-state index in [1.54, 1.807) is 13.2 Å². The Labute approximate surface area is 150 Å². The van der Waals surface area contributed by atoms with Crippen LogP contribution in [0.4, 0.5) is 5.13 Å². The molecule has 1 N–H and O–H groups in total. The molecule has 6 heteroatoms. The van der Waals surface area contributed by atoms with Gasteiger partial charge in [0.2, 0.25) is 5.13 Å². The van der Waals surface area contributed by atoms with Crippen molar-refractivity contribution in [3.63, 3.8) is 0 Å². The molecular formula is C19H19N3O2S. The SMILES string of the molecule is COc1ccc(CCc2nnc(NC(=O)c3ccccc3C)s2)cc1. The monoisotopic (exact) mass is 353 g/mol. The summed E-state index contributed by atoms with van der Waals surface area (Å²) in [5.74, 6) is 0.692. The van der Waals surface area contributed by atoms with E-state index in [1.807, 2.05) is 49.4 Å². The maximum Gasteiger partial charge on any atom is 0.257 e. The van der Waals surface area contributed by atoms with E-state index < -0.39 is 0 Å². The van der Waals surface area contributed by atoms with E-state index in [9.17, 15) is 4.79 Å². The molecule has 25 heavy (non-hydrogen) atoms. The third-order valence-corrected chi connectivity index (χ3v) is 4.76. The van der Waals surface area contributed by atoms with Gasteiger partial charge in [0.05, 0.1) is 7.11 Å². The molecule has 2 aromatic carbocycles. The Kier molecular flexibility index (Phi) is 5.40. The molecule has 0 saturated heterocycles. The van der Waals surface area contributed by atoms with Crippen molar-refractivity contribution in [3.05, 3.63) is 70.2 Å². The fourth-order valence-electron chi connectivity index (χ4n) is 2.44. The quantitative estimate of drug-likeness (QED) is 0.730.